The minimum Gasteiger partial charge on any atom is -0.479 e. The fourth-order valence-electron chi connectivity index (χ4n) is 1.87. The monoisotopic (exact) mass is 337 g/mol. The molecule has 3 nitrogen and oxygen atoms in total. The van der Waals surface area contributed by atoms with Crippen LogP contribution in [0.4, 0.5) is 10.1 Å². The van der Waals surface area contributed by atoms with E-state index in [-0.39, 0.29) is 5.56 Å². The molecule has 0 fully saturated rings. The summed E-state index contributed by atoms with van der Waals surface area (Å²) in [6.07, 6.45) is 0. The van der Waals surface area contributed by atoms with Crippen LogP contribution in [-0.2, 0) is 4.79 Å². The molecule has 0 spiro atoms. The second-order valence-corrected chi connectivity index (χ2v) is 5.36. The SMILES string of the molecule is Cc1ccc(F)c(C(Nc2ccc(Br)cc2)C(=O)O)c1. The van der Waals surface area contributed by atoms with E-state index in [0.717, 1.165) is 10.0 Å². The Morgan fingerprint density at radius 1 is 1.25 bits per heavy atom. The number of halogens is 2. The highest BCUT2D eigenvalue weighted by Gasteiger charge is 2.23. The molecular weight excluding hydrogens is 325 g/mol. The summed E-state index contributed by atoms with van der Waals surface area (Å²) in [5.74, 6) is -1.66. The number of aryl methyl sites for hydroxylation is 1. The van der Waals surface area contributed by atoms with Crippen molar-refractivity contribution in [2.75, 3.05) is 5.32 Å². The number of aliphatic carboxylic acids is 1. The molecule has 104 valence electrons. The van der Waals surface area contributed by atoms with Gasteiger partial charge in [0.1, 0.15) is 5.82 Å². The summed E-state index contributed by atoms with van der Waals surface area (Å²) < 4.78 is 14.7. The molecule has 0 saturated heterocycles. The first-order chi connectivity index (χ1) is 9.47. The number of rotatable bonds is 4. The van der Waals surface area contributed by atoms with Gasteiger partial charge in [-0.25, -0.2) is 9.18 Å². The largest absolute Gasteiger partial charge is 0.479 e. The Kier molecular flexibility index (Phi) is 4.39. The zero-order valence-corrected chi connectivity index (χ0v) is 12.3. The molecule has 0 heterocycles. The molecule has 2 N–H and O–H groups in total. The van der Waals surface area contributed by atoms with Crippen molar-refractivity contribution in [1.29, 1.82) is 0 Å². The van der Waals surface area contributed by atoms with Crippen molar-refractivity contribution in [3.8, 4) is 0 Å². The maximum absolute atomic E-state index is 13.8. The van der Waals surface area contributed by atoms with Gasteiger partial charge in [-0.1, -0.05) is 33.6 Å². The summed E-state index contributed by atoms with van der Waals surface area (Å²) in [5.41, 5.74) is 1.55. The molecule has 0 aliphatic heterocycles. The molecule has 0 amide bonds. The van der Waals surface area contributed by atoms with Crippen LogP contribution in [0.1, 0.15) is 17.2 Å². The quantitative estimate of drug-likeness (QED) is 0.881. The average Bonchev–Trinajstić information content (AvgIpc) is 2.41. The first kappa shape index (κ1) is 14.5. The van der Waals surface area contributed by atoms with E-state index < -0.39 is 17.8 Å². The topological polar surface area (TPSA) is 49.3 Å². The summed E-state index contributed by atoms with van der Waals surface area (Å²) in [7, 11) is 0. The fourth-order valence-corrected chi connectivity index (χ4v) is 2.13. The molecule has 2 aromatic rings. The molecule has 0 aliphatic rings. The van der Waals surface area contributed by atoms with E-state index >= 15 is 0 Å². The van der Waals surface area contributed by atoms with E-state index in [1.165, 1.54) is 6.07 Å². The molecule has 0 saturated carbocycles. The van der Waals surface area contributed by atoms with Gasteiger partial charge >= 0.3 is 5.97 Å². The number of benzene rings is 2. The lowest BCUT2D eigenvalue weighted by Crippen LogP contribution is -2.21. The van der Waals surface area contributed by atoms with Gasteiger partial charge in [0.05, 0.1) is 0 Å². The van der Waals surface area contributed by atoms with Gasteiger partial charge in [0.15, 0.2) is 6.04 Å². The number of hydrogen-bond donors (Lipinski definition) is 2. The maximum Gasteiger partial charge on any atom is 0.330 e. The molecule has 5 heteroatoms. The maximum atomic E-state index is 13.8. The van der Waals surface area contributed by atoms with Gasteiger partial charge < -0.3 is 10.4 Å². The summed E-state index contributed by atoms with van der Waals surface area (Å²) >= 11 is 3.30. The first-order valence-corrected chi connectivity index (χ1v) is 6.77. The number of carboxylic acid groups (broad SMARTS) is 1. The van der Waals surface area contributed by atoms with Crippen molar-refractivity contribution >= 4 is 27.6 Å². The third-order valence-electron chi connectivity index (χ3n) is 2.86. The highest BCUT2D eigenvalue weighted by Crippen LogP contribution is 2.24. The van der Waals surface area contributed by atoms with Crippen LogP contribution in [0.3, 0.4) is 0 Å². The van der Waals surface area contributed by atoms with Crippen molar-refractivity contribution in [2.45, 2.75) is 13.0 Å². The van der Waals surface area contributed by atoms with Gasteiger partial charge in [0, 0.05) is 15.7 Å². The van der Waals surface area contributed by atoms with Crippen molar-refractivity contribution in [3.63, 3.8) is 0 Å². The van der Waals surface area contributed by atoms with Crippen LogP contribution in [0, 0.1) is 12.7 Å². The van der Waals surface area contributed by atoms with Crippen molar-refractivity contribution in [1.82, 2.24) is 0 Å². The van der Waals surface area contributed by atoms with Crippen molar-refractivity contribution in [2.24, 2.45) is 0 Å². The standard InChI is InChI=1S/C15H13BrFNO2/c1-9-2-7-13(17)12(8-9)14(15(19)20)18-11-5-3-10(16)4-6-11/h2-8,14,18H,1H3,(H,19,20). The van der Waals surface area contributed by atoms with Crippen LogP contribution >= 0.6 is 15.9 Å². The summed E-state index contributed by atoms with van der Waals surface area (Å²) in [6, 6.07) is 10.3. The predicted molar refractivity (Wildman–Crippen MR) is 79.3 cm³/mol. The zero-order chi connectivity index (χ0) is 14.7. The van der Waals surface area contributed by atoms with Gasteiger partial charge in [-0.2, -0.15) is 0 Å². The van der Waals surface area contributed by atoms with Crippen LogP contribution < -0.4 is 5.32 Å². The Morgan fingerprint density at radius 3 is 2.50 bits per heavy atom. The Labute approximate surface area is 124 Å². The Balaban J connectivity index is 2.34. The third-order valence-corrected chi connectivity index (χ3v) is 3.39. The van der Waals surface area contributed by atoms with Crippen LogP contribution in [0.5, 0.6) is 0 Å². The van der Waals surface area contributed by atoms with Gasteiger partial charge in [-0.05, 0) is 37.3 Å². The summed E-state index contributed by atoms with van der Waals surface area (Å²) in [5, 5.41) is 12.1. The number of carbonyl (C=O) groups is 1. The molecule has 2 aromatic carbocycles. The van der Waals surface area contributed by atoms with Crippen LogP contribution in [0.2, 0.25) is 0 Å². The first-order valence-electron chi connectivity index (χ1n) is 5.98. The molecule has 0 aliphatic carbocycles. The Morgan fingerprint density at radius 2 is 1.90 bits per heavy atom. The molecule has 0 bridgehead atoms. The summed E-state index contributed by atoms with van der Waals surface area (Å²) in [4.78, 5) is 11.4. The molecule has 1 atom stereocenters. The van der Waals surface area contributed by atoms with Gasteiger partial charge in [-0.15, -0.1) is 0 Å². The minimum atomic E-state index is -1.13. The van der Waals surface area contributed by atoms with E-state index in [9.17, 15) is 14.3 Å². The molecule has 0 aromatic heterocycles. The molecule has 0 radical (unpaired) electrons. The lowest BCUT2D eigenvalue weighted by molar-refractivity contribution is -0.138. The Hall–Kier alpha value is -1.88. The molecular formula is C15H13BrFNO2. The van der Waals surface area contributed by atoms with Crippen LogP contribution in [0.25, 0.3) is 0 Å². The Bertz CT molecular complexity index is 628. The highest BCUT2D eigenvalue weighted by molar-refractivity contribution is 9.10. The second kappa shape index (κ2) is 6.05. The number of hydrogen-bond acceptors (Lipinski definition) is 2. The lowest BCUT2D eigenvalue weighted by atomic mass is 10.0. The van der Waals surface area contributed by atoms with Gasteiger partial charge in [-0.3, -0.25) is 0 Å². The molecule has 20 heavy (non-hydrogen) atoms. The molecule has 2 rings (SSSR count). The highest BCUT2D eigenvalue weighted by atomic mass is 79.9. The predicted octanol–water partition coefficient (Wildman–Crippen LogP) is 4.13. The number of carboxylic acids is 1. The normalized spacial score (nSPS) is 11.9. The minimum absolute atomic E-state index is 0.125. The van der Waals surface area contributed by atoms with E-state index in [2.05, 4.69) is 21.2 Å². The molecule has 1 unspecified atom stereocenters. The van der Waals surface area contributed by atoms with E-state index in [4.69, 9.17) is 0 Å². The lowest BCUT2D eigenvalue weighted by Gasteiger charge is -2.17. The fraction of sp³-hybridized carbons (Fsp3) is 0.133. The number of nitrogens with one attached hydrogen (secondary N) is 1. The second-order valence-electron chi connectivity index (χ2n) is 4.45. The summed E-state index contributed by atoms with van der Waals surface area (Å²) in [6.45, 7) is 1.79. The van der Waals surface area contributed by atoms with Crippen molar-refractivity contribution in [3.05, 3.63) is 63.9 Å². The zero-order valence-electron chi connectivity index (χ0n) is 10.7. The number of anilines is 1. The van der Waals surface area contributed by atoms with Gasteiger partial charge in [0.25, 0.3) is 0 Å². The van der Waals surface area contributed by atoms with Crippen LogP contribution in [0.15, 0.2) is 46.9 Å². The van der Waals surface area contributed by atoms with E-state index in [1.807, 2.05) is 0 Å². The third kappa shape index (κ3) is 3.36. The average molecular weight is 338 g/mol. The van der Waals surface area contributed by atoms with Gasteiger partial charge in [0.2, 0.25) is 0 Å². The van der Waals surface area contributed by atoms with E-state index in [0.29, 0.717) is 5.69 Å². The van der Waals surface area contributed by atoms with E-state index in [1.54, 1.807) is 43.3 Å². The van der Waals surface area contributed by atoms with Crippen LogP contribution in [-0.4, -0.2) is 11.1 Å². The smallest absolute Gasteiger partial charge is 0.330 e. The van der Waals surface area contributed by atoms with Crippen molar-refractivity contribution < 1.29 is 14.3 Å².